The van der Waals surface area contributed by atoms with Gasteiger partial charge >= 0.3 is 0 Å². The van der Waals surface area contributed by atoms with Crippen molar-refractivity contribution in [1.82, 2.24) is 5.32 Å². The molecule has 3 N–H and O–H groups in total. The molecule has 15 heavy (non-hydrogen) atoms. The Hall–Kier alpha value is -1.42. The zero-order chi connectivity index (χ0) is 11.5. The summed E-state index contributed by atoms with van der Waals surface area (Å²) in [6.07, 6.45) is 6.74. The van der Waals surface area contributed by atoms with Crippen LogP contribution in [-0.2, 0) is 4.79 Å². The number of hydrogen-bond acceptors (Lipinski definition) is 3. The predicted molar refractivity (Wildman–Crippen MR) is 64.0 cm³/mol. The van der Waals surface area contributed by atoms with Gasteiger partial charge in [-0.2, -0.15) is 0 Å². The van der Waals surface area contributed by atoms with Crippen molar-refractivity contribution in [1.29, 1.82) is 0 Å². The number of aliphatic imine (C=N–C) groups is 1. The Kier molecular flexibility index (Phi) is 8.28. The predicted octanol–water partition coefficient (Wildman–Crippen LogP) is 0.654. The van der Waals surface area contributed by atoms with Crippen molar-refractivity contribution in [3.8, 4) is 0 Å². The third-order valence-corrected chi connectivity index (χ3v) is 1.74. The van der Waals surface area contributed by atoms with E-state index in [1.165, 1.54) is 0 Å². The van der Waals surface area contributed by atoms with Crippen LogP contribution in [0.4, 0.5) is 0 Å². The standard InChI is InChI=1S/C11H19N3O/c1-10(6-5-8-13-2)11(15)14-9-4-3-7-12/h5-6,8H,1,3-4,7,9,12H2,2H3,(H,14,15)/b6-5-,13-8?. The Morgan fingerprint density at radius 1 is 1.53 bits per heavy atom. The molecule has 0 fully saturated rings. The summed E-state index contributed by atoms with van der Waals surface area (Å²) in [4.78, 5) is 15.1. The van der Waals surface area contributed by atoms with Gasteiger partial charge < -0.3 is 11.1 Å². The van der Waals surface area contributed by atoms with Crippen LogP contribution in [0.15, 0.2) is 29.3 Å². The van der Waals surface area contributed by atoms with Gasteiger partial charge in [-0.05, 0) is 31.5 Å². The molecular weight excluding hydrogens is 190 g/mol. The van der Waals surface area contributed by atoms with Gasteiger partial charge in [0.2, 0.25) is 0 Å². The molecule has 0 aliphatic rings. The first kappa shape index (κ1) is 13.6. The van der Waals surface area contributed by atoms with Gasteiger partial charge in [-0.15, -0.1) is 0 Å². The quantitative estimate of drug-likeness (QED) is 0.280. The van der Waals surface area contributed by atoms with Gasteiger partial charge in [-0.25, -0.2) is 0 Å². The van der Waals surface area contributed by atoms with Crippen LogP contribution in [-0.4, -0.2) is 32.3 Å². The second-order valence-electron chi connectivity index (χ2n) is 3.04. The van der Waals surface area contributed by atoms with E-state index < -0.39 is 0 Å². The first-order chi connectivity index (χ1) is 7.22. The van der Waals surface area contributed by atoms with E-state index in [1.54, 1.807) is 25.4 Å². The molecule has 0 heterocycles. The first-order valence-electron chi connectivity index (χ1n) is 4.98. The van der Waals surface area contributed by atoms with E-state index in [4.69, 9.17) is 5.73 Å². The largest absolute Gasteiger partial charge is 0.352 e. The maximum atomic E-state index is 11.4. The van der Waals surface area contributed by atoms with E-state index in [-0.39, 0.29) is 5.91 Å². The topological polar surface area (TPSA) is 67.5 Å². The van der Waals surface area contributed by atoms with E-state index in [1.807, 2.05) is 0 Å². The monoisotopic (exact) mass is 209 g/mol. The molecule has 0 unspecified atom stereocenters. The molecule has 0 rings (SSSR count). The fraction of sp³-hybridized carbons (Fsp3) is 0.455. The Morgan fingerprint density at radius 2 is 2.27 bits per heavy atom. The highest BCUT2D eigenvalue weighted by molar-refractivity contribution is 5.96. The van der Waals surface area contributed by atoms with Crippen LogP contribution < -0.4 is 11.1 Å². The minimum absolute atomic E-state index is 0.146. The third-order valence-electron chi connectivity index (χ3n) is 1.74. The average molecular weight is 209 g/mol. The van der Waals surface area contributed by atoms with Gasteiger partial charge in [0.25, 0.3) is 5.91 Å². The summed E-state index contributed by atoms with van der Waals surface area (Å²) < 4.78 is 0. The highest BCUT2D eigenvalue weighted by atomic mass is 16.1. The van der Waals surface area contributed by atoms with Gasteiger partial charge in [-0.3, -0.25) is 9.79 Å². The minimum atomic E-state index is -0.146. The van der Waals surface area contributed by atoms with Gasteiger partial charge in [0.15, 0.2) is 0 Å². The van der Waals surface area contributed by atoms with Crippen LogP contribution in [0.1, 0.15) is 12.8 Å². The normalized spacial score (nSPS) is 11.1. The van der Waals surface area contributed by atoms with E-state index in [0.717, 1.165) is 12.8 Å². The maximum absolute atomic E-state index is 11.4. The molecule has 84 valence electrons. The lowest BCUT2D eigenvalue weighted by Crippen LogP contribution is -2.25. The smallest absolute Gasteiger partial charge is 0.250 e. The van der Waals surface area contributed by atoms with Crippen molar-refractivity contribution in [3.63, 3.8) is 0 Å². The van der Waals surface area contributed by atoms with Crippen LogP contribution in [0.3, 0.4) is 0 Å². The second-order valence-corrected chi connectivity index (χ2v) is 3.04. The van der Waals surface area contributed by atoms with Crippen molar-refractivity contribution in [2.24, 2.45) is 10.7 Å². The molecule has 0 aliphatic heterocycles. The average Bonchev–Trinajstić information content (AvgIpc) is 2.24. The molecular formula is C11H19N3O. The summed E-state index contributed by atoms with van der Waals surface area (Å²) in [6.45, 7) is 4.94. The minimum Gasteiger partial charge on any atom is -0.352 e. The molecule has 0 radical (unpaired) electrons. The molecule has 0 bridgehead atoms. The van der Waals surface area contributed by atoms with Crippen molar-refractivity contribution < 1.29 is 4.79 Å². The summed E-state index contributed by atoms with van der Waals surface area (Å²) in [5.41, 5.74) is 5.76. The number of nitrogens with one attached hydrogen (secondary N) is 1. The third kappa shape index (κ3) is 7.64. The summed E-state index contributed by atoms with van der Waals surface area (Å²) >= 11 is 0. The number of nitrogens with zero attached hydrogens (tertiary/aromatic N) is 1. The van der Waals surface area contributed by atoms with Crippen LogP contribution in [0.25, 0.3) is 0 Å². The number of carbonyl (C=O) groups excluding carboxylic acids is 1. The molecule has 0 atom stereocenters. The van der Waals surface area contributed by atoms with E-state index in [2.05, 4.69) is 16.9 Å². The number of carbonyl (C=O) groups is 1. The molecule has 4 heteroatoms. The van der Waals surface area contributed by atoms with Gasteiger partial charge in [-0.1, -0.05) is 6.58 Å². The van der Waals surface area contributed by atoms with Gasteiger partial charge in [0.1, 0.15) is 0 Å². The van der Waals surface area contributed by atoms with E-state index in [0.29, 0.717) is 18.7 Å². The molecule has 0 saturated heterocycles. The Morgan fingerprint density at radius 3 is 2.87 bits per heavy atom. The zero-order valence-corrected chi connectivity index (χ0v) is 9.20. The molecule has 0 aromatic heterocycles. The number of nitrogens with two attached hydrogens (primary N) is 1. The Balaban J connectivity index is 3.74. The van der Waals surface area contributed by atoms with Crippen molar-refractivity contribution in [3.05, 3.63) is 24.3 Å². The highest BCUT2D eigenvalue weighted by Gasteiger charge is 2.01. The fourth-order valence-corrected chi connectivity index (χ4v) is 0.906. The number of allylic oxidation sites excluding steroid dienone is 1. The SMILES string of the molecule is C=C(/C=C\C=NC)C(=O)NCCCCN. The lowest BCUT2D eigenvalue weighted by molar-refractivity contribution is -0.117. The summed E-state index contributed by atoms with van der Waals surface area (Å²) in [6, 6.07) is 0. The van der Waals surface area contributed by atoms with Crippen LogP contribution in [0.5, 0.6) is 0 Å². The molecule has 0 saturated carbocycles. The van der Waals surface area contributed by atoms with Crippen molar-refractivity contribution in [2.45, 2.75) is 12.8 Å². The van der Waals surface area contributed by atoms with Gasteiger partial charge in [0.05, 0.1) is 0 Å². The fourth-order valence-electron chi connectivity index (χ4n) is 0.906. The van der Waals surface area contributed by atoms with Crippen LogP contribution >= 0.6 is 0 Å². The van der Waals surface area contributed by atoms with Crippen LogP contribution in [0, 0.1) is 0 Å². The van der Waals surface area contributed by atoms with Crippen molar-refractivity contribution in [2.75, 3.05) is 20.1 Å². The summed E-state index contributed by atoms with van der Waals surface area (Å²) in [5.74, 6) is -0.146. The molecule has 0 aromatic carbocycles. The molecule has 1 amide bonds. The number of unbranched alkanes of at least 4 members (excludes halogenated alkanes) is 1. The Bertz CT molecular complexity index is 257. The first-order valence-corrected chi connectivity index (χ1v) is 4.98. The highest BCUT2D eigenvalue weighted by Crippen LogP contribution is 1.92. The van der Waals surface area contributed by atoms with Crippen molar-refractivity contribution >= 4 is 12.1 Å². The van der Waals surface area contributed by atoms with E-state index in [9.17, 15) is 4.79 Å². The Labute approximate surface area is 91.0 Å². The molecule has 0 spiro atoms. The second kappa shape index (κ2) is 9.15. The van der Waals surface area contributed by atoms with E-state index >= 15 is 0 Å². The number of amides is 1. The zero-order valence-electron chi connectivity index (χ0n) is 9.20. The number of rotatable bonds is 7. The molecule has 4 nitrogen and oxygen atoms in total. The van der Waals surface area contributed by atoms with Gasteiger partial charge in [0, 0.05) is 25.4 Å². The van der Waals surface area contributed by atoms with Crippen LogP contribution in [0.2, 0.25) is 0 Å². The summed E-state index contributed by atoms with van der Waals surface area (Å²) in [5, 5.41) is 2.75. The lowest BCUT2D eigenvalue weighted by atomic mass is 10.2. The summed E-state index contributed by atoms with van der Waals surface area (Å²) in [7, 11) is 1.67. The molecule has 0 aromatic rings. The lowest BCUT2D eigenvalue weighted by Gasteiger charge is -2.03. The number of hydrogen-bond donors (Lipinski definition) is 2. The maximum Gasteiger partial charge on any atom is 0.250 e. The molecule has 0 aliphatic carbocycles.